The Labute approximate surface area is 339 Å². The molecule has 0 fully saturated rings. The standard InChI is InChI=1S/C46H63N3O8/c1-12-32(6)42(57-46(55)39(47(7)8)26-33-17-13-30(4)14-18-33)41(51)28-37(29(2)3)43(52)48(9)38(25-35-21-23-36(50)24-22-35)44(53)49(10)40(45(54)56-11)27-34-19-15-31(5)16-20-34/h13-24,29,32,37-40,42,50H,12,25-28H2,1-11H3/t32-,37+,38+,39-,40+,42-/m0/s1. The van der Waals surface area contributed by atoms with Crippen molar-refractivity contribution in [1.29, 1.82) is 0 Å². The third-order valence-electron chi connectivity index (χ3n) is 11.0. The van der Waals surface area contributed by atoms with Crippen molar-refractivity contribution in [3.8, 4) is 5.75 Å². The Kier molecular flexibility index (Phi) is 17.5. The van der Waals surface area contributed by atoms with Crippen molar-refractivity contribution < 1.29 is 38.6 Å². The number of ketones is 1. The number of Topliss-reactive ketones (excluding diaryl/α,β-unsaturated/α-hetero) is 1. The van der Waals surface area contributed by atoms with Crippen LogP contribution in [0.1, 0.15) is 68.4 Å². The van der Waals surface area contributed by atoms with Gasteiger partial charge in [-0.2, -0.15) is 0 Å². The monoisotopic (exact) mass is 785 g/mol. The van der Waals surface area contributed by atoms with Gasteiger partial charge in [0.25, 0.3) is 0 Å². The third-order valence-corrected chi connectivity index (χ3v) is 11.0. The summed E-state index contributed by atoms with van der Waals surface area (Å²) >= 11 is 0. The first kappa shape index (κ1) is 46.4. The first-order valence-electron chi connectivity index (χ1n) is 19.8. The lowest BCUT2D eigenvalue weighted by Gasteiger charge is -2.36. The van der Waals surface area contributed by atoms with Crippen molar-refractivity contribution >= 4 is 29.5 Å². The number of amides is 2. The average molecular weight is 786 g/mol. The number of methoxy groups -OCH3 is 1. The molecule has 2 amide bonds. The number of hydrogen-bond acceptors (Lipinski definition) is 9. The van der Waals surface area contributed by atoms with Crippen LogP contribution < -0.4 is 0 Å². The lowest BCUT2D eigenvalue weighted by molar-refractivity contribution is -0.163. The van der Waals surface area contributed by atoms with Gasteiger partial charge >= 0.3 is 11.9 Å². The van der Waals surface area contributed by atoms with Crippen LogP contribution in [0, 0.1) is 31.6 Å². The molecule has 6 atom stereocenters. The van der Waals surface area contributed by atoms with Gasteiger partial charge in [-0.25, -0.2) is 4.79 Å². The summed E-state index contributed by atoms with van der Waals surface area (Å²) in [6, 6.07) is 19.2. The molecular weight excluding hydrogens is 723 g/mol. The number of carbonyl (C=O) groups excluding carboxylic acids is 5. The number of rotatable bonds is 20. The average Bonchev–Trinajstić information content (AvgIpc) is 3.19. The molecule has 0 radical (unpaired) electrons. The predicted octanol–water partition coefficient (Wildman–Crippen LogP) is 5.98. The second-order valence-electron chi connectivity index (χ2n) is 15.9. The van der Waals surface area contributed by atoms with Crippen LogP contribution in [-0.4, -0.2) is 109 Å². The zero-order valence-electron chi connectivity index (χ0n) is 35.7. The molecule has 57 heavy (non-hydrogen) atoms. The molecule has 11 heteroatoms. The molecule has 0 unspecified atom stereocenters. The first-order chi connectivity index (χ1) is 26.9. The van der Waals surface area contributed by atoms with Crippen molar-refractivity contribution in [2.24, 2.45) is 17.8 Å². The van der Waals surface area contributed by atoms with Crippen molar-refractivity contribution in [3.05, 3.63) is 101 Å². The van der Waals surface area contributed by atoms with E-state index < -0.39 is 53.9 Å². The second-order valence-corrected chi connectivity index (χ2v) is 15.9. The van der Waals surface area contributed by atoms with Crippen LogP contribution in [0.3, 0.4) is 0 Å². The first-order valence-corrected chi connectivity index (χ1v) is 19.8. The summed E-state index contributed by atoms with van der Waals surface area (Å²) in [5.41, 5.74) is 4.63. The van der Waals surface area contributed by atoms with Crippen LogP contribution in [0.25, 0.3) is 0 Å². The van der Waals surface area contributed by atoms with Gasteiger partial charge in [-0.3, -0.25) is 24.1 Å². The number of carbonyl (C=O) groups is 5. The summed E-state index contributed by atoms with van der Waals surface area (Å²) in [7, 11) is 7.92. The molecule has 0 bridgehead atoms. The van der Waals surface area contributed by atoms with Crippen molar-refractivity contribution in [2.75, 3.05) is 35.3 Å². The van der Waals surface area contributed by atoms with Gasteiger partial charge < -0.3 is 24.4 Å². The Hall–Kier alpha value is -5.03. The number of phenolic OH excluding ortho intramolecular Hbond substituents is 1. The van der Waals surface area contributed by atoms with Crippen molar-refractivity contribution in [1.82, 2.24) is 14.7 Å². The maximum Gasteiger partial charge on any atom is 0.328 e. The molecule has 11 nitrogen and oxygen atoms in total. The number of ether oxygens (including phenoxy) is 2. The highest BCUT2D eigenvalue weighted by Gasteiger charge is 2.40. The van der Waals surface area contributed by atoms with Crippen LogP contribution in [-0.2, 0) is 52.7 Å². The summed E-state index contributed by atoms with van der Waals surface area (Å²) in [6.07, 6.45) is -0.0562. The summed E-state index contributed by atoms with van der Waals surface area (Å²) in [4.78, 5) is 74.7. The predicted molar refractivity (Wildman–Crippen MR) is 221 cm³/mol. The van der Waals surface area contributed by atoms with E-state index in [9.17, 15) is 29.1 Å². The molecular formula is C46H63N3O8. The van der Waals surface area contributed by atoms with E-state index in [0.29, 0.717) is 18.4 Å². The van der Waals surface area contributed by atoms with E-state index in [1.165, 1.54) is 43.1 Å². The summed E-state index contributed by atoms with van der Waals surface area (Å²) in [5, 5.41) is 9.95. The Morgan fingerprint density at radius 2 is 1.07 bits per heavy atom. The molecule has 0 aliphatic rings. The SMILES string of the molecule is CC[C@H](C)[C@H](OC(=O)[C@H](Cc1ccc(C)cc1)N(C)C)C(=O)C[C@@H](C(=O)N(C)[C@H](Cc1ccc(O)cc1)C(=O)N(C)[C@H](Cc1ccc(C)cc1)C(=O)OC)C(C)C. The van der Waals surface area contributed by atoms with Crippen molar-refractivity contribution in [3.63, 3.8) is 0 Å². The fourth-order valence-electron chi connectivity index (χ4n) is 6.79. The second kappa shape index (κ2) is 21.5. The van der Waals surface area contributed by atoms with Gasteiger partial charge in [0.15, 0.2) is 11.9 Å². The van der Waals surface area contributed by atoms with Gasteiger partial charge in [-0.05, 0) is 75.5 Å². The molecule has 0 aliphatic heterocycles. The van der Waals surface area contributed by atoms with E-state index in [1.807, 2.05) is 90.1 Å². The number of aryl methyl sites for hydroxylation is 2. The molecule has 0 heterocycles. The molecule has 3 aromatic rings. The molecule has 3 rings (SSSR count). The normalized spacial score (nSPS) is 14.5. The molecule has 0 saturated carbocycles. The molecule has 1 N–H and O–H groups in total. The maximum atomic E-state index is 14.6. The van der Waals surface area contributed by atoms with Crippen LogP contribution >= 0.6 is 0 Å². The summed E-state index contributed by atoms with van der Waals surface area (Å²) in [5.74, 6) is -3.85. The van der Waals surface area contributed by atoms with E-state index in [0.717, 1.165) is 22.3 Å². The number of phenols is 1. The zero-order chi connectivity index (χ0) is 42.6. The minimum absolute atomic E-state index is 0.0500. The molecule has 0 spiro atoms. The van der Waals surface area contributed by atoms with Crippen LogP contribution in [0.2, 0.25) is 0 Å². The number of benzene rings is 3. The Morgan fingerprint density at radius 1 is 0.632 bits per heavy atom. The smallest absolute Gasteiger partial charge is 0.328 e. The lowest BCUT2D eigenvalue weighted by Crippen LogP contribution is -2.55. The van der Waals surface area contributed by atoms with Gasteiger partial charge in [0.2, 0.25) is 11.8 Å². The lowest BCUT2D eigenvalue weighted by atomic mass is 9.85. The highest BCUT2D eigenvalue weighted by Crippen LogP contribution is 2.26. The number of likely N-dealkylation sites (N-methyl/N-ethyl adjacent to an activating group) is 3. The molecule has 3 aromatic carbocycles. The Morgan fingerprint density at radius 3 is 1.51 bits per heavy atom. The zero-order valence-corrected chi connectivity index (χ0v) is 35.7. The minimum atomic E-state index is -1.08. The molecule has 0 aromatic heterocycles. The van der Waals surface area contributed by atoms with Crippen LogP contribution in [0.5, 0.6) is 5.75 Å². The van der Waals surface area contributed by atoms with Gasteiger partial charge in [0.05, 0.1) is 7.11 Å². The van der Waals surface area contributed by atoms with Crippen LogP contribution in [0.15, 0.2) is 72.8 Å². The summed E-state index contributed by atoms with van der Waals surface area (Å²) < 4.78 is 11.2. The highest BCUT2D eigenvalue weighted by molar-refractivity contribution is 5.94. The highest BCUT2D eigenvalue weighted by atomic mass is 16.5. The number of nitrogens with zero attached hydrogens (tertiary/aromatic N) is 3. The van der Waals surface area contributed by atoms with Crippen LogP contribution in [0.4, 0.5) is 0 Å². The molecule has 0 saturated heterocycles. The van der Waals surface area contributed by atoms with E-state index >= 15 is 0 Å². The van der Waals surface area contributed by atoms with E-state index in [1.54, 1.807) is 31.1 Å². The molecule has 310 valence electrons. The van der Waals surface area contributed by atoms with Crippen molar-refractivity contribution in [2.45, 2.75) is 97.9 Å². The van der Waals surface area contributed by atoms with E-state index in [-0.39, 0.29) is 42.6 Å². The fraction of sp³-hybridized carbons (Fsp3) is 0.500. The van der Waals surface area contributed by atoms with E-state index in [2.05, 4.69) is 0 Å². The third kappa shape index (κ3) is 13.0. The quantitative estimate of drug-likeness (QED) is 0.137. The van der Waals surface area contributed by atoms with Gasteiger partial charge in [-0.1, -0.05) is 99.5 Å². The fourth-order valence-corrected chi connectivity index (χ4v) is 6.79. The minimum Gasteiger partial charge on any atom is -0.508 e. The largest absolute Gasteiger partial charge is 0.508 e. The molecule has 0 aliphatic carbocycles. The number of hydrogen-bond donors (Lipinski definition) is 1. The summed E-state index contributed by atoms with van der Waals surface area (Å²) in [6.45, 7) is 11.4. The van der Waals surface area contributed by atoms with E-state index in [4.69, 9.17) is 9.47 Å². The topological polar surface area (TPSA) is 134 Å². The van der Waals surface area contributed by atoms with Gasteiger partial charge in [-0.15, -0.1) is 0 Å². The van der Waals surface area contributed by atoms with Gasteiger partial charge in [0.1, 0.15) is 23.9 Å². The Bertz CT molecular complexity index is 1790. The number of esters is 2. The maximum absolute atomic E-state index is 14.6. The Balaban J connectivity index is 1.93. The van der Waals surface area contributed by atoms with Gasteiger partial charge in [0, 0.05) is 45.2 Å². The number of aromatic hydroxyl groups is 1.